The second kappa shape index (κ2) is 40.8. The van der Waals surface area contributed by atoms with E-state index in [0.29, 0.717) is 6.42 Å². The summed E-state index contributed by atoms with van der Waals surface area (Å²) in [6.45, 7) is 4.20. The molecule has 1 amide bonds. The molecule has 0 aromatic heterocycles. The molecule has 0 aliphatic heterocycles. The van der Waals surface area contributed by atoms with E-state index >= 15 is 0 Å². The normalized spacial score (nSPS) is 13.5. The zero-order valence-electron chi connectivity index (χ0n) is 32.7. The number of hydrogen-bond donors (Lipinski definition) is 3. The van der Waals surface area contributed by atoms with Crippen LogP contribution in [-0.4, -0.2) is 34.9 Å². The Morgan fingerprint density at radius 1 is 0.510 bits per heavy atom. The van der Waals surface area contributed by atoms with Crippen molar-refractivity contribution < 1.29 is 15.0 Å². The summed E-state index contributed by atoms with van der Waals surface area (Å²) in [4.78, 5) is 12.4. The average molecular weight is 686 g/mol. The number of allylic oxidation sites excluding steroid dienone is 7. The van der Waals surface area contributed by atoms with Crippen molar-refractivity contribution in [3.05, 3.63) is 48.6 Å². The molecule has 0 saturated heterocycles. The number of aliphatic hydroxyl groups is 2. The zero-order chi connectivity index (χ0) is 35.7. The van der Waals surface area contributed by atoms with Gasteiger partial charge in [0.25, 0.3) is 0 Å². The third-order valence-corrected chi connectivity index (χ3v) is 9.57. The minimum absolute atomic E-state index is 0.0750. The molecular formula is C45H83NO3. The fourth-order valence-electron chi connectivity index (χ4n) is 6.31. The van der Waals surface area contributed by atoms with Gasteiger partial charge in [-0.15, -0.1) is 0 Å². The van der Waals surface area contributed by atoms with E-state index in [1.54, 1.807) is 6.08 Å². The standard InChI is InChI=1S/C45H83NO3/c1-3-5-7-9-11-13-15-17-19-21-22-23-25-26-28-30-32-34-36-38-40-44(48)43(42-47)46-45(49)41-39-37-35-33-31-29-27-24-20-18-16-14-12-10-8-6-4-2/h6,8,12,14,18,20,38,40,43-44,47-48H,3-5,7,9-11,13,15-17,19,21-37,39,41-42H2,1-2H3,(H,46,49)/b8-6-,14-12-,20-18-,40-38+. The lowest BCUT2D eigenvalue weighted by atomic mass is 10.0. The van der Waals surface area contributed by atoms with Gasteiger partial charge in [0.2, 0.25) is 5.91 Å². The lowest BCUT2D eigenvalue weighted by Gasteiger charge is -2.20. The first-order chi connectivity index (χ1) is 24.2. The fourth-order valence-corrected chi connectivity index (χ4v) is 6.31. The van der Waals surface area contributed by atoms with Crippen LogP contribution in [0.1, 0.15) is 213 Å². The monoisotopic (exact) mass is 686 g/mol. The van der Waals surface area contributed by atoms with Gasteiger partial charge in [0.15, 0.2) is 0 Å². The Kier molecular flexibility index (Phi) is 39.4. The maximum atomic E-state index is 12.4. The van der Waals surface area contributed by atoms with E-state index in [0.717, 1.165) is 57.8 Å². The Hall–Kier alpha value is -1.65. The number of amides is 1. The van der Waals surface area contributed by atoms with Crippen LogP contribution in [0.15, 0.2) is 48.6 Å². The number of rotatable bonds is 38. The van der Waals surface area contributed by atoms with Gasteiger partial charge in [-0.1, -0.05) is 204 Å². The van der Waals surface area contributed by atoms with Crippen LogP contribution in [-0.2, 0) is 4.79 Å². The molecule has 2 unspecified atom stereocenters. The maximum absolute atomic E-state index is 12.4. The largest absolute Gasteiger partial charge is 0.394 e. The van der Waals surface area contributed by atoms with Crippen LogP contribution in [0.4, 0.5) is 0 Å². The number of carbonyl (C=O) groups excluding carboxylic acids is 1. The second-order valence-corrected chi connectivity index (χ2v) is 14.4. The fraction of sp³-hybridized carbons (Fsp3) is 0.800. The van der Waals surface area contributed by atoms with Crippen molar-refractivity contribution in [1.29, 1.82) is 0 Å². The lowest BCUT2D eigenvalue weighted by molar-refractivity contribution is -0.123. The van der Waals surface area contributed by atoms with Gasteiger partial charge in [0, 0.05) is 6.42 Å². The van der Waals surface area contributed by atoms with Crippen LogP contribution in [0.2, 0.25) is 0 Å². The van der Waals surface area contributed by atoms with Crippen molar-refractivity contribution in [2.75, 3.05) is 6.61 Å². The van der Waals surface area contributed by atoms with Crippen molar-refractivity contribution in [3.8, 4) is 0 Å². The van der Waals surface area contributed by atoms with E-state index in [1.807, 2.05) is 6.08 Å². The molecule has 2 atom stereocenters. The molecule has 49 heavy (non-hydrogen) atoms. The molecular weight excluding hydrogens is 602 g/mol. The van der Waals surface area contributed by atoms with Gasteiger partial charge in [0.1, 0.15) is 0 Å². The molecule has 0 aromatic rings. The molecule has 0 saturated carbocycles. The molecule has 0 radical (unpaired) electrons. The molecule has 0 heterocycles. The smallest absolute Gasteiger partial charge is 0.220 e. The van der Waals surface area contributed by atoms with E-state index in [9.17, 15) is 15.0 Å². The van der Waals surface area contributed by atoms with Crippen molar-refractivity contribution in [2.45, 2.75) is 225 Å². The molecule has 0 aromatic carbocycles. The van der Waals surface area contributed by atoms with E-state index in [2.05, 4.69) is 55.6 Å². The summed E-state index contributed by atoms with van der Waals surface area (Å²) in [6, 6.07) is -0.628. The number of carbonyl (C=O) groups is 1. The number of unbranched alkanes of at least 4 members (excludes halogenated alkanes) is 25. The molecule has 0 aliphatic rings. The van der Waals surface area contributed by atoms with Crippen LogP contribution < -0.4 is 5.32 Å². The summed E-state index contributed by atoms with van der Waals surface area (Å²) >= 11 is 0. The Morgan fingerprint density at radius 3 is 1.35 bits per heavy atom. The van der Waals surface area contributed by atoms with Gasteiger partial charge >= 0.3 is 0 Å². The molecule has 4 nitrogen and oxygen atoms in total. The van der Waals surface area contributed by atoms with Gasteiger partial charge in [0.05, 0.1) is 18.8 Å². The van der Waals surface area contributed by atoms with Crippen molar-refractivity contribution in [1.82, 2.24) is 5.32 Å². The summed E-state index contributed by atoms with van der Waals surface area (Å²) in [5.41, 5.74) is 0. The predicted molar refractivity (Wildman–Crippen MR) is 216 cm³/mol. The SMILES string of the molecule is CC/C=C\C/C=C\C/C=C\CCCCCCCCCC(=O)NC(CO)C(O)/C=C/CCCCCCCCCCCCCCCCCCCC. The predicted octanol–water partition coefficient (Wildman–Crippen LogP) is 13.2. The summed E-state index contributed by atoms with van der Waals surface area (Å²) < 4.78 is 0. The minimum atomic E-state index is -0.844. The lowest BCUT2D eigenvalue weighted by Crippen LogP contribution is -2.45. The van der Waals surface area contributed by atoms with Crippen LogP contribution in [0, 0.1) is 0 Å². The van der Waals surface area contributed by atoms with E-state index in [-0.39, 0.29) is 12.5 Å². The highest BCUT2D eigenvalue weighted by atomic mass is 16.3. The third-order valence-electron chi connectivity index (χ3n) is 9.57. The molecule has 3 N–H and O–H groups in total. The van der Waals surface area contributed by atoms with Crippen LogP contribution >= 0.6 is 0 Å². The Bertz CT molecular complexity index is 786. The van der Waals surface area contributed by atoms with Crippen molar-refractivity contribution >= 4 is 5.91 Å². The zero-order valence-corrected chi connectivity index (χ0v) is 32.7. The van der Waals surface area contributed by atoms with Crippen LogP contribution in [0.3, 0.4) is 0 Å². The summed E-state index contributed by atoms with van der Waals surface area (Å²) in [5.74, 6) is -0.0750. The van der Waals surface area contributed by atoms with E-state index in [4.69, 9.17) is 0 Å². The Balaban J connectivity index is 3.59. The highest BCUT2D eigenvalue weighted by Gasteiger charge is 2.17. The number of aliphatic hydroxyl groups excluding tert-OH is 2. The first-order valence-corrected chi connectivity index (χ1v) is 21.4. The molecule has 0 rings (SSSR count). The van der Waals surface area contributed by atoms with Gasteiger partial charge in [-0.3, -0.25) is 4.79 Å². The molecule has 0 spiro atoms. The first-order valence-electron chi connectivity index (χ1n) is 21.4. The topological polar surface area (TPSA) is 69.6 Å². The van der Waals surface area contributed by atoms with Gasteiger partial charge < -0.3 is 15.5 Å². The molecule has 4 heteroatoms. The van der Waals surface area contributed by atoms with Crippen LogP contribution in [0.5, 0.6) is 0 Å². The molecule has 286 valence electrons. The summed E-state index contributed by atoms with van der Waals surface area (Å²) in [6.07, 6.45) is 55.0. The average Bonchev–Trinajstić information content (AvgIpc) is 3.10. The first kappa shape index (κ1) is 47.4. The van der Waals surface area contributed by atoms with Crippen molar-refractivity contribution in [2.24, 2.45) is 0 Å². The second-order valence-electron chi connectivity index (χ2n) is 14.4. The summed E-state index contributed by atoms with van der Waals surface area (Å²) in [7, 11) is 0. The number of hydrogen-bond acceptors (Lipinski definition) is 3. The van der Waals surface area contributed by atoms with E-state index < -0.39 is 12.1 Å². The van der Waals surface area contributed by atoms with Gasteiger partial charge in [-0.2, -0.15) is 0 Å². The maximum Gasteiger partial charge on any atom is 0.220 e. The van der Waals surface area contributed by atoms with Gasteiger partial charge in [-0.25, -0.2) is 0 Å². The Morgan fingerprint density at radius 2 is 0.898 bits per heavy atom. The number of nitrogens with one attached hydrogen (secondary N) is 1. The van der Waals surface area contributed by atoms with Gasteiger partial charge in [-0.05, 0) is 51.4 Å². The van der Waals surface area contributed by atoms with E-state index in [1.165, 1.54) is 135 Å². The molecule has 0 bridgehead atoms. The third kappa shape index (κ3) is 37.4. The highest BCUT2D eigenvalue weighted by Crippen LogP contribution is 2.15. The highest BCUT2D eigenvalue weighted by molar-refractivity contribution is 5.76. The van der Waals surface area contributed by atoms with Crippen LogP contribution in [0.25, 0.3) is 0 Å². The minimum Gasteiger partial charge on any atom is -0.394 e. The quantitative estimate of drug-likeness (QED) is 0.0447. The Labute approximate surface area is 305 Å². The molecule has 0 fully saturated rings. The molecule has 0 aliphatic carbocycles. The summed E-state index contributed by atoms with van der Waals surface area (Å²) in [5, 5.41) is 23.0. The van der Waals surface area contributed by atoms with Crippen molar-refractivity contribution in [3.63, 3.8) is 0 Å².